The van der Waals surface area contributed by atoms with Crippen LogP contribution in [0.3, 0.4) is 0 Å². The average Bonchev–Trinajstić information content (AvgIpc) is 2.82. The van der Waals surface area contributed by atoms with Gasteiger partial charge in [0.25, 0.3) is 0 Å². The van der Waals surface area contributed by atoms with E-state index in [4.69, 9.17) is 0 Å². The van der Waals surface area contributed by atoms with Crippen LogP contribution in [0.25, 0.3) is 0 Å². The van der Waals surface area contributed by atoms with E-state index in [0.29, 0.717) is 18.0 Å². The van der Waals surface area contributed by atoms with Crippen molar-refractivity contribution in [3.63, 3.8) is 0 Å². The van der Waals surface area contributed by atoms with E-state index in [-0.39, 0.29) is 6.10 Å². The van der Waals surface area contributed by atoms with Gasteiger partial charge < -0.3 is 10.4 Å². The van der Waals surface area contributed by atoms with E-state index in [0.717, 1.165) is 17.7 Å². The molecule has 102 valence electrons. The molecule has 2 N–H and O–H groups in total. The van der Waals surface area contributed by atoms with Gasteiger partial charge in [-0.05, 0) is 44.1 Å². The van der Waals surface area contributed by atoms with E-state index in [2.05, 4.69) is 32.7 Å². The summed E-state index contributed by atoms with van der Waals surface area (Å²) in [6.45, 7) is 10.3. The highest BCUT2D eigenvalue weighted by atomic mass is 32.1. The van der Waals surface area contributed by atoms with Gasteiger partial charge in [-0.3, -0.25) is 0 Å². The molecule has 0 bridgehead atoms. The summed E-state index contributed by atoms with van der Waals surface area (Å²) >= 11 is 1.62. The van der Waals surface area contributed by atoms with Crippen LogP contribution >= 0.6 is 11.3 Å². The molecule has 1 rings (SSSR count). The maximum absolute atomic E-state index is 10.1. The fraction of sp³-hybridized carbons (Fsp3) is 0.600. The molecule has 0 aliphatic heterocycles. The molecule has 0 radical (unpaired) electrons. The molecular weight excluding hydrogens is 242 g/mol. The van der Waals surface area contributed by atoms with Gasteiger partial charge >= 0.3 is 0 Å². The van der Waals surface area contributed by atoms with Gasteiger partial charge in [-0.15, -0.1) is 17.9 Å². The molecule has 4 atom stereocenters. The van der Waals surface area contributed by atoms with Crippen LogP contribution in [0.5, 0.6) is 0 Å². The summed E-state index contributed by atoms with van der Waals surface area (Å²) in [5.41, 5.74) is 0. The maximum Gasteiger partial charge on any atom is 0.0896 e. The second-order valence-corrected chi connectivity index (χ2v) is 6.10. The van der Waals surface area contributed by atoms with Crippen molar-refractivity contribution in [3.8, 4) is 0 Å². The standard InChI is InChI=1S/C15H25NOS/c1-5-7-11(2)13(4)16-12(3)10-14(17)15-8-6-9-18-15/h5-6,8-9,11-14,16-17H,1,7,10H2,2-4H3. The van der Waals surface area contributed by atoms with Crippen LogP contribution in [0.1, 0.15) is 44.6 Å². The molecule has 0 amide bonds. The average molecular weight is 267 g/mol. The predicted molar refractivity (Wildman–Crippen MR) is 79.9 cm³/mol. The van der Waals surface area contributed by atoms with Gasteiger partial charge in [0.15, 0.2) is 0 Å². The first kappa shape index (κ1) is 15.4. The molecule has 0 fully saturated rings. The summed E-state index contributed by atoms with van der Waals surface area (Å²) in [6.07, 6.45) is 3.39. The lowest BCUT2D eigenvalue weighted by molar-refractivity contribution is 0.153. The van der Waals surface area contributed by atoms with E-state index >= 15 is 0 Å². The minimum Gasteiger partial charge on any atom is -0.388 e. The summed E-state index contributed by atoms with van der Waals surface area (Å²) in [7, 11) is 0. The van der Waals surface area contributed by atoms with E-state index in [1.54, 1.807) is 11.3 Å². The van der Waals surface area contributed by atoms with Gasteiger partial charge in [0.1, 0.15) is 0 Å². The quantitative estimate of drug-likeness (QED) is 0.703. The fourth-order valence-corrected chi connectivity index (χ4v) is 2.80. The molecule has 1 aromatic heterocycles. The van der Waals surface area contributed by atoms with Gasteiger partial charge in [0, 0.05) is 17.0 Å². The Morgan fingerprint density at radius 1 is 1.44 bits per heavy atom. The topological polar surface area (TPSA) is 32.3 Å². The Morgan fingerprint density at radius 2 is 2.17 bits per heavy atom. The first-order chi connectivity index (χ1) is 8.54. The molecule has 0 aromatic carbocycles. The molecule has 3 heteroatoms. The Labute approximate surface area is 115 Å². The minimum absolute atomic E-state index is 0.310. The van der Waals surface area contributed by atoms with Crippen LogP contribution in [0.15, 0.2) is 30.2 Å². The van der Waals surface area contributed by atoms with Crippen molar-refractivity contribution in [3.05, 3.63) is 35.0 Å². The highest BCUT2D eigenvalue weighted by molar-refractivity contribution is 7.10. The molecule has 18 heavy (non-hydrogen) atoms. The zero-order chi connectivity index (χ0) is 13.5. The number of hydrogen-bond acceptors (Lipinski definition) is 3. The molecule has 4 unspecified atom stereocenters. The van der Waals surface area contributed by atoms with Crippen molar-refractivity contribution in [1.82, 2.24) is 5.32 Å². The summed E-state index contributed by atoms with van der Waals surface area (Å²) in [4.78, 5) is 1.05. The van der Waals surface area contributed by atoms with Crippen molar-refractivity contribution < 1.29 is 5.11 Å². The van der Waals surface area contributed by atoms with Crippen molar-refractivity contribution in [2.75, 3.05) is 0 Å². The van der Waals surface area contributed by atoms with E-state index < -0.39 is 0 Å². The molecule has 0 aliphatic carbocycles. The molecular formula is C15H25NOS. The van der Waals surface area contributed by atoms with Gasteiger partial charge in [0.2, 0.25) is 0 Å². The Bertz CT molecular complexity index is 336. The van der Waals surface area contributed by atoms with Crippen molar-refractivity contribution in [2.24, 2.45) is 5.92 Å². The summed E-state index contributed by atoms with van der Waals surface area (Å²) in [6, 6.07) is 4.72. The van der Waals surface area contributed by atoms with Crippen LogP contribution in [-0.2, 0) is 0 Å². The largest absolute Gasteiger partial charge is 0.388 e. The third-order valence-corrected chi connectivity index (χ3v) is 4.36. The number of allylic oxidation sites excluding steroid dienone is 1. The Kier molecular flexibility index (Phi) is 6.61. The highest BCUT2D eigenvalue weighted by Crippen LogP contribution is 2.23. The first-order valence-corrected chi connectivity index (χ1v) is 7.51. The predicted octanol–water partition coefficient (Wildman–Crippen LogP) is 3.75. The smallest absolute Gasteiger partial charge is 0.0896 e. The van der Waals surface area contributed by atoms with Crippen LogP contribution < -0.4 is 5.32 Å². The van der Waals surface area contributed by atoms with Gasteiger partial charge in [0.05, 0.1) is 6.10 Å². The number of nitrogens with one attached hydrogen (secondary N) is 1. The van der Waals surface area contributed by atoms with Crippen molar-refractivity contribution >= 4 is 11.3 Å². The SMILES string of the molecule is C=CCC(C)C(C)NC(C)CC(O)c1cccs1. The number of aliphatic hydroxyl groups excluding tert-OH is 1. The van der Waals surface area contributed by atoms with Crippen LogP contribution in [0.4, 0.5) is 0 Å². The van der Waals surface area contributed by atoms with Crippen molar-refractivity contribution in [1.29, 1.82) is 0 Å². The molecule has 0 saturated heterocycles. The highest BCUT2D eigenvalue weighted by Gasteiger charge is 2.17. The zero-order valence-corrected chi connectivity index (χ0v) is 12.4. The first-order valence-electron chi connectivity index (χ1n) is 6.63. The molecule has 0 spiro atoms. The lowest BCUT2D eigenvalue weighted by atomic mass is 9.98. The molecule has 0 aliphatic rings. The minimum atomic E-state index is -0.352. The normalized spacial score (nSPS) is 18.0. The van der Waals surface area contributed by atoms with E-state index in [9.17, 15) is 5.11 Å². The summed E-state index contributed by atoms with van der Waals surface area (Å²) < 4.78 is 0. The maximum atomic E-state index is 10.1. The third kappa shape index (κ3) is 4.92. The monoisotopic (exact) mass is 267 g/mol. The second kappa shape index (κ2) is 7.72. The van der Waals surface area contributed by atoms with Gasteiger partial charge in [-0.25, -0.2) is 0 Å². The van der Waals surface area contributed by atoms with Gasteiger partial charge in [-0.1, -0.05) is 19.1 Å². The van der Waals surface area contributed by atoms with Crippen LogP contribution in [-0.4, -0.2) is 17.2 Å². The zero-order valence-electron chi connectivity index (χ0n) is 11.6. The Morgan fingerprint density at radius 3 is 2.72 bits per heavy atom. The lowest BCUT2D eigenvalue weighted by Crippen LogP contribution is -2.39. The Hall–Kier alpha value is -0.640. The van der Waals surface area contributed by atoms with Crippen molar-refractivity contribution in [2.45, 2.75) is 51.8 Å². The fourth-order valence-electron chi connectivity index (χ4n) is 2.08. The summed E-state index contributed by atoms with van der Waals surface area (Å²) in [5.74, 6) is 0.573. The molecule has 1 heterocycles. The van der Waals surface area contributed by atoms with E-state index in [1.807, 2.05) is 23.6 Å². The Balaban J connectivity index is 2.36. The molecule has 2 nitrogen and oxygen atoms in total. The number of hydrogen-bond donors (Lipinski definition) is 2. The van der Waals surface area contributed by atoms with Crippen LogP contribution in [0.2, 0.25) is 0 Å². The second-order valence-electron chi connectivity index (χ2n) is 5.12. The summed E-state index contributed by atoms with van der Waals surface area (Å²) in [5, 5.41) is 15.6. The molecule has 0 saturated carbocycles. The third-order valence-electron chi connectivity index (χ3n) is 3.39. The van der Waals surface area contributed by atoms with Gasteiger partial charge in [-0.2, -0.15) is 0 Å². The van der Waals surface area contributed by atoms with Crippen LogP contribution in [0, 0.1) is 5.92 Å². The molecule has 1 aromatic rings. The lowest BCUT2D eigenvalue weighted by Gasteiger charge is -2.25. The number of aliphatic hydroxyl groups is 1. The number of rotatable bonds is 8. The van der Waals surface area contributed by atoms with E-state index in [1.165, 1.54) is 0 Å². The number of thiophene rings is 1.